The summed E-state index contributed by atoms with van der Waals surface area (Å²) in [5, 5.41) is 14.2. The number of urea groups is 1. The van der Waals surface area contributed by atoms with Crippen LogP contribution in [0.1, 0.15) is 5.82 Å². The second-order valence-electron chi connectivity index (χ2n) is 6.29. The molecule has 0 aliphatic carbocycles. The van der Waals surface area contributed by atoms with Crippen LogP contribution in [0.2, 0.25) is 5.02 Å². The summed E-state index contributed by atoms with van der Waals surface area (Å²) in [4.78, 5) is 16.3. The lowest BCUT2D eigenvalue weighted by molar-refractivity contribution is 0.262. The molecule has 2 heterocycles. The number of amides is 2. The van der Waals surface area contributed by atoms with Gasteiger partial charge in [0.15, 0.2) is 5.82 Å². The van der Waals surface area contributed by atoms with E-state index in [0.717, 1.165) is 5.82 Å². The molecule has 2 aromatic carbocycles. The molecule has 8 nitrogen and oxygen atoms in total. The van der Waals surface area contributed by atoms with E-state index in [1.807, 2.05) is 17.7 Å². The molecule has 0 radical (unpaired) electrons. The number of carbonyl (C=O) groups is 1. The predicted molar refractivity (Wildman–Crippen MR) is 115 cm³/mol. The summed E-state index contributed by atoms with van der Waals surface area (Å²) in [6.45, 7) is 1.89. The minimum absolute atomic E-state index is 0.357. The molecular formula is C21H17ClN6O2. The number of ether oxygens (including phenoxy) is 1. The van der Waals surface area contributed by atoms with Crippen LogP contribution < -0.4 is 15.4 Å². The largest absolute Gasteiger partial charge is 0.438 e. The first-order valence-corrected chi connectivity index (χ1v) is 9.40. The van der Waals surface area contributed by atoms with Crippen LogP contribution in [0.4, 0.5) is 16.2 Å². The topological polar surface area (TPSA) is 94.0 Å². The molecule has 0 saturated heterocycles. The predicted octanol–water partition coefficient (Wildman–Crippen LogP) is 5.06. The molecule has 0 aliphatic heterocycles. The number of hydrogen-bond acceptors (Lipinski definition) is 5. The number of benzene rings is 2. The molecule has 0 bridgehead atoms. The number of rotatable bonds is 5. The van der Waals surface area contributed by atoms with E-state index in [1.54, 1.807) is 66.9 Å². The summed E-state index contributed by atoms with van der Waals surface area (Å²) in [5.41, 5.74) is 1.21. The number of nitrogens with one attached hydrogen (secondary N) is 2. The molecule has 0 spiro atoms. The van der Waals surface area contributed by atoms with Gasteiger partial charge in [-0.1, -0.05) is 17.7 Å². The highest BCUT2D eigenvalue weighted by molar-refractivity contribution is 6.30. The van der Waals surface area contributed by atoms with Crippen LogP contribution in [-0.2, 0) is 0 Å². The van der Waals surface area contributed by atoms with Gasteiger partial charge in [0.05, 0.1) is 0 Å². The second kappa shape index (κ2) is 8.62. The lowest BCUT2D eigenvalue weighted by atomic mass is 10.3. The maximum absolute atomic E-state index is 12.1. The third kappa shape index (κ3) is 4.73. The number of aromatic nitrogens is 4. The molecule has 0 fully saturated rings. The first-order chi connectivity index (χ1) is 14.6. The van der Waals surface area contributed by atoms with E-state index in [-0.39, 0.29) is 6.03 Å². The molecule has 2 N–H and O–H groups in total. The maximum Gasteiger partial charge on any atom is 0.323 e. The maximum atomic E-state index is 12.1. The number of imidazole rings is 1. The van der Waals surface area contributed by atoms with Gasteiger partial charge >= 0.3 is 6.03 Å². The van der Waals surface area contributed by atoms with E-state index < -0.39 is 0 Å². The van der Waals surface area contributed by atoms with Crippen LogP contribution in [0.3, 0.4) is 0 Å². The molecule has 0 unspecified atom stereocenters. The third-order valence-corrected chi connectivity index (χ3v) is 4.35. The van der Waals surface area contributed by atoms with Crippen molar-refractivity contribution in [2.24, 2.45) is 0 Å². The number of anilines is 2. The molecule has 30 heavy (non-hydrogen) atoms. The highest BCUT2D eigenvalue weighted by Gasteiger charge is 2.06. The fourth-order valence-electron chi connectivity index (χ4n) is 2.70. The number of hydrogen-bond donors (Lipinski definition) is 2. The van der Waals surface area contributed by atoms with E-state index in [0.29, 0.717) is 33.8 Å². The van der Waals surface area contributed by atoms with E-state index in [4.69, 9.17) is 16.3 Å². The number of aryl methyl sites for hydroxylation is 1. The van der Waals surface area contributed by atoms with Crippen LogP contribution in [0.15, 0.2) is 73.1 Å². The van der Waals surface area contributed by atoms with Gasteiger partial charge in [0.25, 0.3) is 0 Å². The van der Waals surface area contributed by atoms with Gasteiger partial charge in [-0.15, -0.1) is 10.2 Å². The monoisotopic (exact) mass is 420 g/mol. The Labute approximate surface area is 177 Å². The van der Waals surface area contributed by atoms with Crippen LogP contribution >= 0.6 is 11.6 Å². The van der Waals surface area contributed by atoms with Crippen molar-refractivity contribution in [3.8, 4) is 17.4 Å². The highest BCUT2D eigenvalue weighted by atomic mass is 35.5. The van der Waals surface area contributed by atoms with E-state index >= 15 is 0 Å². The van der Waals surface area contributed by atoms with E-state index in [9.17, 15) is 4.79 Å². The van der Waals surface area contributed by atoms with Crippen LogP contribution in [0.25, 0.3) is 5.82 Å². The molecule has 0 aliphatic rings. The Hall–Kier alpha value is -3.91. The molecule has 4 rings (SSSR count). The molecule has 2 aromatic heterocycles. The van der Waals surface area contributed by atoms with Gasteiger partial charge in [-0.05, 0) is 55.5 Å². The second-order valence-corrected chi connectivity index (χ2v) is 6.73. The van der Waals surface area contributed by atoms with Gasteiger partial charge in [0, 0.05) is 34.9 Å². The smallest absolute Gasteiger partial charge is 0.323 e. The SMILES string of the molecule is Cc1nccn1-c1ccc(Oc2ccc(NC(=O)Nc3cccc(Cl)c3)cc2)nn1. The normalized spacial score (nSPS) is 10.5. The fraction of sp³-hybridized carbons (Fsp3) is 0.0476. The minimum Gasteiger partial charge on any atom is -0.438 e. The van der Waals surface area contributed by atoms with Crippen LogP contribution in [0.5, 0.6) is 11.6 Å². The van der Waals surface area contributed by atoms with Crippen molar-refractivity contribution in [2.75, 3.05) is 10.6 Å². The van der Waals surface area contributed by atoms with Crippen molar-refractivity contribution in [2.45, 2.75) is 6.92 Å². The summed E-state index contributed by atoms with van der Waals surface area (Å²) in [5.74, 6) is 2.40. The quantitative estimate of drug-likeness (QED) is 0.470. The molecule has 0 saturated carbocycles. The summed E-state index contributed by atoms with van der Waals surface area (Å²) >= 11 is 5.91. The highest BCUT2D eigenvalue weighted by Crippen LogP contribution is 2.22. The molecule has 2 amide bonds. The lowest BCUT2D eigenvalue weighted by Gasteiger charge is -2.09. The first-order valence-electron chi connectivity index (χ1n) is 9.02. The zero-order chi connectivity index (χ0) is 20.9. The number of carbonyl (C=O) groups excluding carboxylic acids is 1. The molecular weight excluding hydrogens is 404 g/mol. The number of nitrogens with zero attached hydrogens (tertiary/aromatic N) is 4. The third-order valence-electron chi connectivity index (χ3n) is 4.12. The Morgan fingerprint density at radius 1 is 1.00 bits per heavy atom. The van der Waals surface area contributed by atoms with Gasteiger partial charge < -0.3 is 15.4 Å². The molecule has 150 valence electrons. The number of halogens is 1. The van der Waals surface area contributed by atoms with Gasteiger partial charge in [-0.25, -0.2) is 9.78 Å². The van der Waals surface area contributed by atoms with Gasteiger partial charge in [-0.3, -0.25) is 4.57 Å². The van der Waals surface area contributed by atoms with Gasteiger partial charge in [0.2, 0.25) is 5.88 Å². The van der Waals surface area contributed by atoms with Crippen molar-refractivity contribution in [1.82, 2.24) is 19.7 Å². The van der Waals surface area contributed by atoms with Crippen molar-refractivity contribution < 1.29 is 9.53 Å². The summed E-state index contributed by atoms with van der Waals surface area (Å²) in [6.07, 6.45) is 3.51. The lowest BCUT2D eigenvalue weighted by Crippen LogP contribution is -2.19. The molecule has 4 aromatic rings. The Kier molecular flexibility index (Phi) is 5.58. The summed E-state index contributed by atoms with van der Waals surface area (Å²) in [6, 6.07) is 17.0. The van der Waals surface area contributed by atoms with E-state index in [1.165, 1.54) is 0 Å². The van der Waals surface area contributed by atoms with Crippen molar-refractivity contribution >= 4 is 29.0 Å². The minimum atomic E-state index is -0.373. The Morgan fingerprint density at radius 2 is 1.80 bits per heavy atom. The van der Waals surface area contributed by atoms with Crippen molar-refractivity contribution in [3.05, 3.63) is 83.9 Å². The van der Waals surface area contributed by atoms with Crippen molar-refractivity contribution in [3.63, 3.8) is 0 Å². The summed E-state index contributed by atoms with van der Waals surface area (Å²) < 4.78 is 7.53. The average molecular weight is 421 g/mol. The van der Waals surface area contributed by atoms with Crippen LogP contribution in [0, 0.1) is 6.92 Å². The van der Waals surface area contributed by atoms with Crippen LogP contribution in [-0.4, -0.2) is 25.8 Å². The zero-order valence-corrected chi connectivity index (χ0v) is 16.7. The Bertz CT molecular complexity index is 1160. The van der Waals surface area contributed by atoms with E-state index in [2.05, 4.69) is 25.8 Å². The fourth-order valence-corrected chi connectivity index (χ4v) is 2.89. The Morgan fingerprint density at radius 3 is 2.47 bits per heavy atom. The van der Waals surface area contributed by atoms with Gasteiger partial charge in [-0.2, -0.15) is 0 Å². The average Bonchev–Trinajstić information content (AvgIpc) is 3.16. The Balaban J connectivity index is 1.35. The molecule has 0 atom stereocenters. The molecule has 9 heteroatoms. The summed E-state index contributed by atoms with van der Waals surface area (Å²) in [7, 11) is 0. The van der Waals surface area contributed by atoms with Gasteiger partial charge in [0.1, 0.15) is 11.6 Å². The zero-order valence-electron chi connectivity index (χ0n) is 15.9. The first kappa shape index (κ1) is 19.4. The standard InChI is InChI=1S/C21H17ClN6O2/c1-14-23-11-12-28(14)19-9-10-20(27-26-19)30-18-7-5-16(6-8-18)24-21(29)25-17-4-2-3-15(22)13-17/h2-13H,1H3,(H2,24,25,29). The van der Waals surface area contributed by atoms with Crippen molar-refractivity contribution in [1.29, 1.82) is 0 Å².